The van der Waals surface area contributed by atoms with Crippen molar-refractivity contribution >= 4 is 11.9 Å². The van der Waals surface area contributed by atoms with Crippen molar-refractivity contribution in [2.24, 2.45) is 0 Å². The van der Waals surface area contributed by atoms with Crippen LogP contribution in [-0.4, -0.2) is 47.4 Å². The van der Waals surface area contributed by atoms with Crippen LogP contribution in [0.1, 0.15) is 17.0 Å². The number of nitrogens with one attached hydrogen (secondary N) is 1. The Morgan fingerprint density at radius 3 is 2.53 bits per heavy atom. The van der Waals surface area contributed by atoms with Gasteiger partial charge in [0.05, 0.1) is 13.5 Å². The third-order valence-electron chi connectivity index (χ3n) is 2.80. The van der Waals surface area contributed by atoms with Crippen molar-refractivity contribution in [2.45, 2.75) is 20.3 Å². The number of ether oxygens (including phenoxy) is 1. The highest BCUT2D eigenvalue weighted by Crippen LogP contribution is 2.08. The SMILES string of the molecule is COC(=O)CN(C)C(=O)Cc1c(C)nc(=O)[nH]c1C. The van der Waals surface area contributed by atoms with Gasteiger partial charge in [-0.05, 0) is 13.8 Å². The van der Waals surface area contributed by atoms with Crippen molar-refractivity contribution in [3.05, 3.63) is 27.4 Å². The summed E-state index contributed by atoms with van der Waals surface area (Å²) in [5.41, 5.74) is 1.36. The topological polar surface area (TPSA) is 92.4 Å². The second-order valence-electron chi connectivity index (χ2n) is 4.23. The predicted molar refractivity (Wildman–Crippen MR) is 67.7 cm³/mol. The molecular weight excluding hydrogens is 250 g/mol. The van der Waals surface area contributed by atoms with Crippen LogP contribution in [0.5, 0.6) is 0 Å². The summed E-state index contributed by atoms with van der Waals surface area (Å²) in [7, 11) is 2.78. The second-order valence-corrected chi connectivity index (χ2v) is 4.23. The molecule has 1 aromatic heterocycles. The zero-order valence-electron chi connectivity index (χ0n) is 11.4. The number of rotatable bonds is 4. The molecule has 1 heterocycles. The minimum Gasteiger partial charge on any atom is -0.468 e. The van der Waals surface area contributed by atoms with Gasteiger partial charge in [0, 0.05) is 24.0 Å². The third kappa shape index (κ3) is 3.90. The van der Waals surface area contributed by atoms with E-state index in [0.29, 0.717) is 17.0 Å². The summed E-state index contributed by atoms with van der Waals surface area (Å²) in [4.78, 5) is 41.7. The molecule has 0 radical (unpaired) electrons. The van der Waals surface area contributed by atoms with Gasteiger partial charge in [0.1, 0.15) is 6.54 Å². The fraction of sp³-hybridized carbons (Fsp3) is 0.500. The Kier molecular flexibility index (Phi) is 4.80. The van der Waals surface area contributed by atoms with Crippen molar-refractivity contribution in [2.75, 3.05) is 20.7 Å². The van der Waals surface area contributed by atoms with Gasteiger partial charge in [0.25, 0.3) is 0 Å². The van der Waals surface area contributed by atoms with Crippen LogP contribution < -0.4 is 5.69 Å². The number of aryl methyl sites for hydroxylation is 2. The number of aromatic amines is 1. The van der Waals surface area contributed by atoms with Crippen LogP contribution in [0.3, 0.4) is 0 Å². The minimum atomic E-state index is -0.483. The Bertz CT molecular complexity index is 524. The number of esters is 1. The molecule has 0 saturated carbocycles. The van der Waals surface area contributed by atoms with Crippen LogP contribution in [0.25, 0.3) is 0 Å². The molecule has 1 amide bonds. The normalized spacial score (nSPS) is 10.1. The molecule has 0 aromatic carbocycles. The van der Waals surface area contributed by atoms with E-state index in [1.165, 1.54) is 19.1 Å². The van der Waals surface area contributed by atoms with Gasteiger partial charge >= 0.3 is 11.7 Å². The first-order valence-electron chi connectivity index (χ1n) is 5.72. The molecule has 0 spiro atoms. The van der Waals surface area contributed by atoms with E-state index in [0.717, 1.165) is 0 Å². The number of H-pyrrole nitrogens is 1. The maximum atomic E-state index is 12.0. The Balaban J connectivity index is 2.83. The van der Waals surface area contributed by atoms with Crippen LogP contribution in [-0.2, 0) is 20.7 Å². The largest absolute Gasteiger partial charge is 0.468 e. The van der Waals surface area contributed by atoms with Crippen molar-refractivity contribution in [1.82, 2.24) is 14.9 Å². The Morgan fingerprint density at radius 1 is 1.37 bits per heavy atom. The molecule has 7 heteroatoms. The molecule has 1 N–H and O–H groups in total. The van der Waals surface area contributed by atoms with E-state index in [2.05, 4.69) is 14.7 Å². The molecule has 1 aromatic rings. The van der Waals surface area contributed by atoms with Gasteiger partial charge in [-0.15, -0.1) is 0 Å². The summed E-state index contributed by atoms with van der Waals surface area (Å²) in [6.07, 6.45) is 0.0783. The average Bonchev–Trinajstić information content (AvgIpc) is 2.32. The molecule has 0 atom stereocenters. The van der Waals surface area contributed by atoms with E-state index in [4.69, 9.17) is 0 Å². The van der Waals surface area contributed by atoms with Crippen LogP contribution >= 0.6 is 0 Å². The first-order valence-corrected chi connectivity index (χ1v) is 5.72. The summed E-state index contributed by atoms with van der Waals surface area (Å²) in [5, 5.41) is 0. The fourth-order valence-electron chi connectivity index (χ4n) is 1.65. The van der Waals surface area contributed by atoms with Gasteiger partial charge in [-0.1, -0.05) is 0 Å². The standard InChI is InChI=1S/C12H17N3O4/c1-7-9(8(2)14-12(18)13-7)5-10(16)15(3)6-11(17)19-4/h5-6H2,1-4H3,(H,13,14,18). The zero-order valence-corrected chi connectivity index (χ0v) is 11.4. The van der Waals surface area contributed by atoms with Gasteiger partial charge in [0.15, 0.2) is 0 Å². The number of hydrogen-bond donors (Lipinski definition) is 1. The van der Waals surface area contributed by atoms with Crippen molar-refractivity contribution < 1.29 is 14.3 Å². The molecule has 0 fully saturated rings. The predicted octanol–water partition coefficient (Wildman–Crippen LogP) is -0.439. The first kappa shape index (κ1) is 14.9. The summed E-state index contributed by atoms with van der Waals surface area (Å²) < 4.78 is 4.49. The summed E-state index contributed by atoms with van der Waals surface area (Å²) in [6.45, 7) is 3.27. The van der Waals surface area contributed by atoms with Crippen LogP contribution in [0.15, 0.2) is 4.79 Å². The number of hydrogen-bond acceptors (Lipinski definition) is 5. The second kappa shape index (κ2) is 6.12. The molecule has 1 rings (SSSR count). The molecule has 104 valence electrons. The molecule has 0 saturated heterocycles. The number of carbonyl (C=O) groups is 2. The third-order valence-corrected chi connectivity index (χ3v) is 2.80. The van der Waals surface area contributed by atoms with Crippen LogP contribution in [0.4, 0.5) is 0 Å². The lowest BCUT2D eigenvalue weighted by molar-refractivity contribution is -0.145. The lowest BCUT2D eigenvalue weighted by Gasteiger charge is -2.16. The monoisotopic (exact) mass is 267 g/mol. The van der Waals surface area contributed by atoms with Crippen molar-refractivity contribution in [3.63, 3.8) is 0 Å². The van der Waals surface area contributed by atoms with Crippen LogP contribution in [0, 0.1) is 13.8 Å². The quantitative estimate of drug-likeness (QED) is 0.747. The minimum absolute atomic E-state index is 0.0783. The average molecular weight is 267 g/mol. The number of carbonyl (C=O) groups excluding carboxylic acids is 2. The van der Waals surface area contributed by atoms with Gasteiger partial charge in [-0.25, -0.2) is 4.79 Å². The molecule has 0 aliphatic rings. The van der Waals surface area contributed by atoms with E-state index in [1.54, 1.807) is 13.8 Å². The Hall–Kier alpha value is -2.18. The lowest BCUT2D eigenvalue weighted by Crippen LogP contribution is -2.34. The molecule has 0 unspecified atom stereocenters. The maximum Gasteiger partial charge on any atom is 0.345 e. The Morgan fingerprint density at radius 2 is 2.00 bits per heavy atom. The number of methoxy groups -OCH3 is 1. The van der Waals surface area contributed by atoms with Crippen LogP contribution in [0.2, 0.25) is 0 Å². The van der Waals surface area contributed by atoms with Gasteiger partial charge < -0.3 is 14.6 Å². The summed E-state index contributed by atoms with van der Waals surface area (Å²) >= 11 is 0. The zero-order chi connectivity index (χ0) is 14.6. The lowest BCUT2D eigenvalue weighted by atomic mass is 10.1. The molecule has 19 heavy (non-hydrogen) atoms. The van der Waals surface area contributed by atoms with E-state index in [1.807, 2.05) is 0 Å². The van der Waals surface area contributed by atoms with E-state index < -0.39 is 11.7 Å². The number of aromatic nitrogens is 2. The van der Waals surface area contributed by atoms with Crippen molar-refractivity contribution in [3.8, 4) is 0 Å². The van der Waals surface area contributed by atoms with E-state index in [-0.39, 0.29) is 18.9 Å². The number of amides is 1. The summed E-state index contributed by atoms with van der Waals surface area (Å²) in [6, 6.07) is 0. The molecular formula is C12H17N3O4. The number of nitrogens with zero attached hydrogens (tertiary/aromatic N) is 2. The van der Waals surface area contributed by atoms with Gasteiger partial charge in [-0.2, -0.15) is 4.98 Å². The Labute approximate surface area is 110 Å². The number of likely N-dealkylation sites (N-methyl/N-ethyl adjacent to an activating group) is 1. The molecule has 0 aliphatic carbocycles. The fourth-order valence-corrected chi connectivity index (χ4v) is 1.65. The van der Waals surface area contributed by atoms with Gasteiger partial charge in [-0.3, -0.25) is 9.59 Å². The molecule has 7 nitrogen and oxygen atoms in total. The first-order chi connectivity index (χ1) is 8.85. The highest BCUT2D eigenvalue weighted by Gasteiger charge is 2.16. The molecule has 0 bridgehead atoms. The highest BCUT2D eigenvalue weighted by atomic mass is 16.5. The highest BCUT2D eigenvalue weighted by molar-refractivity contribution is 5.83. The van der Waals surface area contributed by atoms with Crippen molar-refractivity contribution in [1.29, 1.82) is 0 Å². The maximum absolute atomic E-state index is 12.0. The van der Waals surface area contributed by atoms with Gasteiger partial charge in [0.2, 0.25) is 5.91 Å². The smallest absolute Gasteiger partial charge is 0.345 e. The van der Waals surface area contributed by atoms with E-state index in [9.17, 15) is 14.4 Å². The summed E-state index contributed by atoms with van der Waals surface area (Å²) in [5.74, 6) is -0.727. The van der Waals surface area contributed by atoms with E-state index >= 15 is 0 Å². The molecule has 0 aliphatic heterocycles.